The highest BCUT2D eigenvalue weighted by atomic mass is 16.7. The van der Waals surface area contributed by atoms with E-state index >= 15 is 0 Å². The molecule has 40 heavy (non-hydrogen) atoms. The van der Waals surface area contributed by atoms with Crippen LogP contribution in [0.1, 0.15) is 136 Å². The van der Waals surface area contributed by atoms with Crippen molar-refractivity contribution in [2.45, 2.75) is 179 Å². The standard InChI is InChI=1S/C31H61NO8/c1-3-5-7-9-11-13-14-16-18-20-25(34)24(32-27(35)21-19-17-15-12-10-8-6-4-2)23-39-31-30(38)29(37)28(36)26(22-33)40-31/h24-26,28-31,33-34,36-38H,3-23H2,1-2H3,(H,32,35). The lowest BCUT2D eigenvalue weighted by atomic mass is 9.99. The molecule has 0 aromatic rings. The molecule has 7 unspecified atom stereocenters. The van der Waals surface area contributed by atoms with Crippen molar-refractivity contribution >= 4 is 5.91 Å². The van der Waals surface area contributed by atoms with Crippen molar-refractivity contribution in [3.05, 3.63) is 0 Å². The topological polar surface area (TPSA) is 149 Å². The number of rotatable bonds is 25. The summed E-state index contributed by atoms with van der Waals surface area (Å²) in [7, 11) is 0. The molecule has 1 aliphatic rings. The fourth-order valence-electron chi connectivity index (χ4n) is 5.22. The lowest BCUT2D eigenvalue weighted by Crippen LogP contribution is -2.60. The Morgan fingerprint density at radius 1 is 0.750 bits per heavy atom. The number of nitrogens with one attached hydrogen (secondary N) is 1. The van der Waals surface area contributed by atoms with Gasteiger partial charge in [0.15, 0.2) is 6.29 Å². The summed E-state index contributed by atoms with van der Waals surface area (Å²) in [5.41, 5.74) is 0. The third kappa shape index (κ3) is 16.0. The molecular formula is C31H61NO8. The summed E-state index contributed by atoms with van der Waals surface area (Å²) in [6, 6.07) is -0.706. The molecule has 1 rings (SSSR count). The Morgan fingerprint density at radius 2 is 1.25 bits per heavy atom. The maximum Gasteiger partial charge on any atom is 0.220 e. The van der Waals surface area contributed by atoms with Gasteiger partial charge in [0.2, 0.25) is 5.91 Å². The summed E-state index contributed by atoms with van der Waals surface area (Å²) in [4.78, 5) is 12.7. The second-order valence-corrected chi connectivity index (χ2v) is 11.6. The first-order valence-electron chi connectivity index (χ1n) is 16.2. The van der Waals surface area contributed by atoms with E-state index in [1.807, 2.05) is 0 Å². The average molecular weight is 576 g/mol. The van der Waals surface area contributed by atoms with Gasteiger partial charge in [-0.25, -0.2) is 0 Å². The van der Waals surface area contributed by atoms with Gasteiger partial charge in [-0.05, 0) is 12.8 Å². The van der Waals surface area contributed by atoms with E-state index in [0.717, 1.165) is 38.5 Å². The number of hydrogen-bond acceptors (Lipinski definition) is 8. The van der Waals surface area contributed by atoms with Crippen molar-refractivity contribution < 1.29 is 39.8 Å². The number of hydrogen-bond donors (Lipinski definition) is 6. The van der Waals surface area contributed by atoms with E-state index in [1.54, 1.807) is 0 Å². The van der Waals surface area contributed by atoms with Gasteiger partial charge >= 0.3 is 0 Å². The number of aliphatic hydroxyl groups excluding tert-OH is 5. The minimum absolute atomic E-state index is 0.134. The normalized spacial score (nSPS) is 24.6. The third-order valence-corrected chi connectivity index (χ3v) is 7.96. The molecule has 1 saturated heterocycles. The van der Waals surface area contributed by atoms with Crippen LogP contribution in [0.2, 0.25) is 0 Å². The highest BCUT2D eigenvalue weighted by molar-refractivity contribution is 5.76. The highest BCUT2D eigenvalue weighted by Gasteiger charge is 2.44. The van der Waals surface area contributed by atoms with Gasteiger partial charge in [-0.1, -0.05) is 117 Å². The first-order chi connectivity index (χ1) is 19.3. The Kier molecular flexibility index (Phi) is 22.1. The molecule has 9 nitrogen and oxygen atoms in total. The van der Waals surface area contributed by atoms with Crippen LogP contribution in [0.25, 0.3) is 0 Å². The van der Waals surface area contributed by atoms with Crippen molar-refractivity contribution in [2.75, 3.05) is 13.2 Å². The van der Waals surface area contributed by atoms with Crippen LogP contribution >= 0.6 is 0 Å². The van der Waals surface area contributed by atoms with Crippen LogP contribution in [0.15, 0.2) is 0 Å². The molecule has 0 saturated carbocycles. The molecule has 0 spiro atoms. The SMILES string of the molecule is CCCCCCCCCCCC(O)C(COC1OC(CO)C(O)C(O)C1O)NC(=O)CCCCCCCCCC. The van der Waals surface area contributed by atoms with Crippen molar-refractivity contribution in [2.24, 2.45) is 0 Å². The van der Waals surface area contributed by atoms with Gasteiger partial charge in [-0.2, -0.15) is 0 Å². The maximum absolute atomic E-state index is 12.7. The van der Waals surface area contributed by atoms with Gasteiger partial charge in [-0.15, -0.1) is 0 Å². The van der Waals surface area contributed by atoms with Crippen LogP contribution in [0.3, 0.4) is 0 Å². The largest absolute Gasteiger partial charge is 0.394 e. The molecule has 1 amide bonds. The third-order valence-electron chi connectivity index (χ3n) is 7.96. The Balaban J connectivity index is 2.52. The molecule has 7 atom stereocenters. The Bertz CT molecular complexity index is 608. The Labute approximate surface area is 243 Å². The van der Waals surface area contributed by atoms with E-state index in [2.05, 4.69) is 19.2 Å². The molecular weight excluding hydrogens is 514 g/mol. The van der Waals surface area contributed by atoms with E-state index in [4.69, 9.17) is 9.47 Å². The van der Waals surface area contributed by atoms with Crippen LogP contribution in [-0.2, 0) is 14.3 Å². The zero-order valence-electron chi connectivity index (χ0n) is 25.4. The van der Waals surface area contributed by atoms with Crippen LogP contribution < -0.4 is 5.32 Å². The summed E-state index contributed by atoms with van der Waals surface area (Å²) in [6.07, 6.45) is 12.7. The molecule has 0 radical (unpaired) electrons. The smallest absolute Gasteiger partial charge is 0.220 e. The van der Waals surface area contributed by atoms with E-state index in [9.17, 15) is 30.3 Å². The van der Waals surface area contributed by atoms with Crippen LogP contribution in [0, 0.1) is 0 Å². The molecule has 238 valence electrons. The molecule has 1 heterocycles. The average Bonchev–Trinajstić information content (AvgIpc) is 2.95. The molecule has 1 fully saturated rings. The quantitative estimate of drug-likeness (QED) is 0.0892. The summed E-state index contributed by atoms with van der Waals surface area (Å²) >= 11 is 0. The summed E-state index contributed by atoms with van der Waals surface area (Å²) < 4.78 is 11.1. The van der Waals surface area contributed by atoms with Gasteiger partial charge in [0, 0.05) is 6.42 Å². The number of carbonyl (C=O) groups is 1. The number of unbranched alkanes of at least 4 members (excludes halogenated alkanes) is 15. The summed E-state index contributed by atoms with van der Waals surface area (Å²) in [5, 5.41) is 53.6. The molecule has 0 aliphatic carbocycles. The van der Waals surface area contributed by atoms with Crippen LogP contribution in [-0.4, -0.2) is 87.5 Å². The summed E-state index contributed by atoms with van der Waals surface area (Å²) in [6.45, 7) is 3.73. The van der Waals surface area contributed by atoms with Crippen LogP contribution in [0.5, 0.6) is 0 Å². The van der Waals surface area contributed by atoms with Crippen molar-refractivity contribution in [3.63, 3.8) is 0 Å². The first-order valence-corrected chi connectivity index (χ1v) is 16.2. The predicted octanol–water partition coefficient (Wildman–Crippen LogP) is 4.10. The van der Waals surface area contributed by atoms with Gasteiger partial charge in [-0.3, -0.25) is 4.79 Å². The van der Waals surface area contributed by atoms with E-state index in [1.165, 1.54) is 70.6 Å². The van der Waals surface area contributed by atoms with Gasteiger partial charge in [0.25, 0.3) is 0 Å². The maximum atomic E-state index is 12.7. The second kappa shape index (κ2) is 23.7. The predicted molar refractivity (Wildman–Crippen MR) is 157 cm³/mol. The lowest BCUT2D eigenvalue weighted by Gasteiger charge is -2.40. The molecule has 6 N–H and O–H groups in total. The minimum Gasteiger partial charge on any atom is -0.394 e. The molecule has 0 aromatic carbocycles. The van der Waals surface area contributed by atoms with E-state index < -0.39 is 49.5 Å². The number of amides is 1. The molecule has 0 aromatic heterocycles. The van der Waals surface area contributed by atoms with Crippen molar-refractivity contribution in [1.82, 2.24) is 5.32 Å². The van der Waals surface area contributed by atoms with Gasteiger partial charge in [0.05, 0.1) is 25.4 Å². The van der Waals surface area contributed by atoms with E-state index in [0.29, 0.717) is 12.8 Å². The van der Waals surface area contributed by atoms with E-state index in [-0.39, 0.29) is 12.5 Å². The molecule has 1 aliphatic heterocycles. The number of aliphatic hydroxyl groups is 5. The first kappa shape index (κ1) is 37.2. The lowest BCUT2D eigenvalue weighted by molar-refractivity contribution is -0.302. The van der Waals surface area contributed by atoms with Crippen molar-refractivity contribution in [1.29, 1.82) is 0 Å². The Morgan fingerprint density at radius 3 is 1.77 bits per heavy atom. The summed E-state index contributed by atoms with van der Waals surface area (Å²) in [5.74, 6) is -0.153. The highest BCUT2D eigenvalue weighted by Crippen LogP contribution is 2.23. The molecule has 0 bridgehead atoms. The number of ether oxygens (including phenoxy) is 2. The second-order valence-electron chi connectivity index (χ2n) is 11.6. The monoisotopic (exact) mass is 575 g/mol. The van der Waals surface area contributed by atoms with Crippen LogP contribution in [0.4, 0.5) is 0 Å². The zero-order chi connectivity index (χ0) is 29.6. The fraction of sp³-hybridized carbons (Fsp3) is 0.968. The van der Waals surface area contributed by atoms with Gasteiger partial charge < -0.3 is 40.3 Å². The fourth-order valence-corrected chi connectivity index (χ4v) is 5.22. The van der Waals surface area contributed by atoms with Crippen molar-refractivity contribution in [3.8, 4) is 0 Å². The zero-order valence-corrected chi connectivity index (χ0v) is 25.4. The Hall–Kier alpha value is -0.810. The van der Waals surface area contributed by atoms with Gasteiger partial charge in [0.1, 0.15) is 24.4 Å². The molecule has 9 heteroatoms. The number of carbonyl (C=O) groups excluding carboxylic acids is 1. The minimum atomic E-state index is -1.54.